The first-order valence-electron chi connectivity index (χ1n) is 6.80. The predicted octanol–water partition coefficient (Wildman–Crippen LogP) is 1.87. The number of thioether (sulfide) groups is 2. The third kappa shape index (κ3) is 8.58. The largest absolute Gasteiger partial charge is 0.444 e. The lowest BCUT2D eigenvalue weighted by atomic mass is 10.2. The van der Waals surface area contributed by atoms with Crippen LogP contribution in [0.15, 0.2) is 0 Å². The van der Waals surface area contributed by atoms with Crippen molar-refractivity contribution in [1.29, 1.82) is 0 Å². The van der Waals surface area contributed by atoms with E-state index in [0.29, 0.717) is 18.3 Å². The number of hydrogen-bond acceptors (Lipinski definition) is 5. The molecule has 0 spiro atoms. The molecule has 116 valence electrons. The summed E-state index contributed by atoms with van der Waals surface area (Å²) in [5, 5.41) is 6.00. The van der Waals surface area contributed by atoms with Crippen LogP contribution in [0.25, 0.3) is 0 Å². The van der Waals surface area contributed by atoms with Crippen LogP contribution in [0.4, 0.5) is 4.79 Å². The van der Waals surface area contributed by atoms with E-state index in [-0.39, 0.29) is 12.3 Å². The van der Waals surface area contributed by atoms with E-state index in [4.69, 9.17) is 4.74 Å². The van der Waals surface area contributed by atoms with Crippen LogP contribution in [0.2, 0.25) is 0 Å². The molecule has 0 aromatic carbocycles. The van der Waals surface area contributed by atoms with Gasteiger partial charge in [0.25, 0.3) is 0 Å². The van der Waals surface area contributed by atoms with E-state index in [0.717, 1.165) is 11.5 Å². The van der Waals surface area contributed by atoms with Gasteiger partial charge in [0.1, 0.15) is 5.60 Å². The number of nitrogens with one attached hydrogen (secondary N) is 2. The summed E-state index contributed by atoms with van der Waals surface area (Å²) >= 11 is 3.85. The summed E-state index contributed by atoms with van der Waals surface area (Å²) in [7, 11) is 0. The first kappa shape index (κ1) is 17.5. The number of rotatable bonds is 5. The van der Waals surface area contributed by atoms with Crippen LogP contribution in [0.1, 0.15) is 27.2 Å². The summed E-state index contributed by atoms with van der Waals surface area (Å²) in [4.78, 5) is 23.0. The van der Waals surface area contributed by atoms with Crippen molar-refractivity contribution in [2.45, 2.75) is 38.0 Å². The number of amides is 2. The van der Waals surface area contributed by atoms with Crippen molar-refractivity contribution in [1.82, 2.24) is 10.6 Å². The third-order valence-electron chi connectivity index (χ3n) is 2.43. The minimum absolute atomic E-state index is 0.0303. The SMILES string of the molecule is CC(C)(C)OC(=O)NCCC(=O)NCC1CSCCS1. The molecule has 0 aromatic heterocycles. The third-order valence-corrected chi connectivity index (χ3v) is 5.28. The molecule has 20 heavy (non-hydrogen) atoms. The average molecular weight is 320 g/mol. The van der Waals surface area contributed by atoms with Crippen LogP contribution in [0.5, 0.6) is 0 Å². The van der Waals surface area contributed by atoms with E-state index in [2.05, 4.69) is 10.6 Å². The number of hydrogen-bond donors (Lipinski definition) is 2. The Morgan fingerprint density at radius 1 is 1.25 bits per heavy atom. The van der Waals surface area contributed by atoms with Gasteiger partial charge in [0.15, 0.2) is 0 Å². The van der Waals surface area contributed by atoms with E-state index in [1.165, 1.54) is 5.75 Å². The molecule has 1 rings (SSSR count). The Morgan fingerprint density at radius 3 is 2.60 bits per heavy atom. The van der Waals surface area contributed by atoms with Gasteiger partial charge in [-0.2, -0.15) is 23.5 Å². The fraction of sp³-hybridized carbons (Fsp3) is 0.846. The molecule has 1 saturated heterocycles. The second-order valence-corrected chi connectivity index (χ2v) is 8.11. The van der Waals surface area contributed by atoms with Gasteiger partial charge in [0.2, 0.25) is 5.91 Å². The molecule has 0 saturated carbocycles. The first-order chi connectivity index (χ1) is 9.37. The topological polar surface area (TPSA) is 67.4 Å². The first-order valence-corrected chi connectivity index (χ1v) is 9.00. The van der Waals surface area contributed by atoms with Crippen molar-refractivity contribution in [3.63, 3.8) is 0 Å². The highest BCUT2D eigenvalue weighted by Gasteiger charge is 2.17. The predicted molar refractivity (Wildman–Crippen MR) is 85.4 cm³/mol. The van der Waals surface area contributed by atoms with E-state index < -0.39 is 11.7 Å². The van der Waals surface area contributed by atoms with Gasteiger partial charge in [-0.1, -0.05) is 0 Å². The van der Waals surface area contributed by atoms with Gasteiger partial charge in [0.05, 0.1) is 0 Å². The van der Waals surface area contributed by atoms with Crippen molar-refractivity contribution in [2.24, 2.45) is 0 Å². The molecule has 1 heterocycles. The summed E-state index contributed by atoms with van der Waals surface area (Å²) in [5.74, 6) is 3.43. The second-order valence-electron chi connectivity index (χ2n) is 5.55. The smallest absolute Gasteiger partial charge is 0.407 e. The Hall–Kier alpha value is -0.560. The maximum absolute atomic E-state index is 11.6. The summed E-state index contributed by atoms with van der Waals surface area (Å²) in [6, 6.07) is 0. The molecular weight excluding hydrogens is 296 g/mol. The molecule has 1 aliphatic heterocycles. The standard InChI is InChI=1S/C13H24N2O3S2/c1-13(2,3)18-12(17)14-5-4-11(16)15-8-10-9-19-6-7-20-10/h10H,4-9H2,1-3H3,(H,14,17)(H,15,16). The van der Waals surface area contributed by atoms with Gasteiger partial charge in [-0.3, -0.25) is 4.79 Å². The fourth-order valence-electron chi connectivity index (χ4n) is 1.56. The lowest BCUT2D eigenvalue weighted by Crippen LogP contribution is -2.37. The quantitative estimate of drug-likeness (QED) is 0.809. The van der Waals surface area contributed by atoms with Gasteiger partial charge in [-0.05, 0) is 20.8 Å². The lowest BCUT2D eigenvalue weighted by Gasteiger charge is -2.21. The highest BCUT2D eigenvalue weighted by molar-refractivity contribution is 8.06. The number of carbonyl (C=O) groups excluding carboxylic acids is 2. The average Bonchev–Trinajstić information content (AvgIpc) is 2.35. The van der Waals surface area contributed by atoms with Gasteiger partial charge >= 0.3 is 6.09 Å². The van der Waals surface area contributed by atoms with Gasteiger partial charge in [-0.25, -0.2) is 4.79 Å². The zero-order chi connectivity index (χ0) is 15.0. The van der Waals surface area contributed by atoms with E-state index in [1.54, 1.807) is 20.8 Å². The second kappa shape index (κ2) is 8.67. The molecule has 1 unspecified atom stereocenters. The van der Waals surface area contributed by atoms with Crippen molar-refractivity contribution in [2.75, 3.05) is 30.3 Å². The molecule has 1 aliphatic rings. The zero-order valence-electron chi connectivity index (χ0n) is 12.4. The van der Waals surface area contributed by atoms with Crippen molar-refractivity contribution < 1.29 is 14.3 Å². The monoisotopic (exact) mass is 320 g/mol. The Labute approximate surface area is 129 Å². The molecule has 0 radical (unpaired) electrons. The van der Waals surface area contributed by atoms with Crippen LogP contribution in [0, 0.1) is 0 Å². The highest BCUT2D eigenvalue weighted by atomic mass is 32.2. The number of ether oxygens (including phenoxy) is 1. The molecule has 1 fully saturated rings. The maximum Gasteiger partial charge on any atom is 0.407 e. The molecular formula is C13H24N2O3S2. The van der Waals surface area contributed by atoms with Crippen molar-refractivity contribution >= 4 is 35.5 Å². The molecule has 0 aliphatic carbocycles. The molecule has 0 aromatic rings. The van der Waals surface area contributed by atoms with Crippen LogP contribution in [-0.2, 0) is 9.53 Å². The highest BCUT2D eigenvalue weighted by Crippen LogP contribution is 2.23. The van der Waals surface area contributed by atoms with E-state index >= 15 is 0 Å². The molecule has 2 amide bonds. The van der Waals surface area contributed by atoms with Crippen molar-refractivity contribution in [3.05, 3.63) is 0 Å². The Balaban J connectivity index is 2.06. The minimum atomic E-state index is -0.512. The Morgan fingerprint density at radius 2 is 2.00 bits per heavy atom. The minimum Gasteiger partial charge on any atom is -0.444 e. The number of alkyl carbamates (subject to hydrolysis) is 1. The molecule has 5 nitrogen and oxygen atoms in total. The van der Waals surface area contributed by atoms with Crippen LogP contribution >= 0.6 is 23.5 Å². The van der Waals surface area contributed by atoms with E-state index in [9.17, 15) is 9.59 Å². The van der Waals surface area contributed by atoms with Crippen LogP contribution in [-0.4, -0.2) is 53.2 Å². The van der Waals surface area contributed by atoms with E-state index in [1.807, 2.05) is 23.5 Å². The van der Waals surface area contributed by atoms with Gasteiger partial charge in [0, 0.05) is 42.0 Å². The van der Waals surface area contributed by atoms with Crippen molar-refractivity contribution in [3.8, 4) is 0 Å². The molecule has 7 heteroatoms. The maximum atomic E-state index is 11.6. The zero-order valence-corrected chi connectivity index (χ0v) is 14.0. The Bertz CT molecular complexity index is 326. The normalized spacial score (nSPS) is 19.2. The molecule has 2 N–H and O–H groups in total. The summed E-state index contributed by atoms with van der Waals surface area (Å²) in [5.41, 5.74) is -0.512. The molecule has 0 bridgehead atoms. The fourth-order valence-corrected chi connectivity index (χ4v) is 4.17. The summed E-state index contributed by atoms with van der Waals surface area (Å²) in [6.07, 6.45) is -0.200. The Kier molecular flexibility index (Phi) is 7.58. The van der Waals surface area contributed by atoms with Gasteiger partial charge < -0.3 is 15.4 Å². The van der Waals surface area contributed by atoms with Gasteiger partial charge in [-0.15, -0.1) is 0 Å². The van der Waals surface area contributed by atoms with Crippen LogP contribution < -0.4 is 10.6 Å². The molecule has 1 atom stereocenters. The summed E-state index contributed by atoms with van der Waals surface area (Å²) in [6.45, 7) is 6.42. The van der Waals surface area contributed by atoms with Crippen LogP contribution in [0.3, 0.4) is 0 Å². The lowest BCUT2D eigenvalue weighted by molar-refractivity contribution is -0.120. The summed E-state index contributed by atoms with van der Waals surface area (Å²) < 4.78 is 5.09. The number of carbonyl (C=O) groups is 2.